The normalized spacial score (nSPS) is 23.6. The van der Waals surface area contributed by atoms with Gasteiger partial charge in [-0.3, -0.25) is 14.5 Å². The molecule has 2 saturated heterocycles. The van der Waals surface area contributed by atoms with E-state index in [1.807, 2.05) is 0 Å². The van der Waals surface area contributed by atoms with Crippen molar-refractivity contribution in [3.63, 3.8) is 0 Å². The van der Waals surface area contributed by atoms with Gasteiger partial charge in [0.2, 0.25) is 10.0 Å². The van der Waals surface area contributed by atoms with Crippen LogP contribution in [0.5, 0.6) is 0 Å². The Morgan fingerprint density at radius 1 is 1.04 bits per heavy atom. The number of carboxylic acid groups (broad SMARTS) is 2. The van der Waals surface area contributed by atoms with Crippen molar-refractivity contribution >= 4 is 23.0 Å². The summed E-state index contributed by atoms with van der Waals surface area (Å²) in [5.41, 5.74) is 0. The predicted molar refractivity (Wildman–Crippen MR) is 95.1 cm³/mol. The van der Waals surface area contributed by atoms with Crippen LogP contribution in [0.4, 0.5) is 0 Å². The number of piperazine rings is 1. The van der Waals surface area contributed by atoms with Crippen LogP contribution in [0.2, 0.25) is 0 Å². The van der Waals surface area contributed by atoms with Gasteiger partial charge < -0.3 is 15.1 Å². The van der Waals surface area contributed by atoms with Crippen LogP contribution < -0.4 is 0 Å². The maximum atomic E-state index is 11.5. The van der Waals surface area contributed by atoms with Crippen LogP contribution in [0.15, 0.2) is 0 Å². The Kier molecular flexibility index (Phi) is 11.6. The largest absolute Gasteiger partial charge is 0.483 e. The van der Waals surface area contributed by atoms with E-state index in [2.05, 4.69) is 23.8 Å². The minimum absolute atomic E-state index is 0.250. The highest BCUT2D eigenvalue weighted by molar-refractivity contribution is 7.88. The van der Waals surface area contributed by atoms with Gasteiger partial charge in [0, 0.05) is 45.3 Å². The molecule has 9 nitrogen and oxygen atoms in total. The van der Waals surface area contributed by atoms with Crippen LogP contribution in [0.25, 0.3) is 0 Å². The smallest absolute Gasteiger partial charge is 0.290 e. The zero-order valence-corrected chi connectivity index (χ0v) is 16.1. The van der Waals surface area contributed by atoms with Gasteiger partial charge in [0.25, 0.3) is 12.9 Å². The number of sulfonamides is 1. The first-order valence-electron chi connectivity index (χ1n) is 8.23. The molecule has 25 heavy (non-hydrogen) atoms. The third-order valence-electron chi connectivity index (χ3n) is 4.50. The van der Waals surface area contributed by atoms with Crippen molar-refractivity contribution in [3.05, 3.63) is 0 Å². The molecule has 148 valence electrons. The van der Waals surface area contributed by atoms with Crippen molar-refractivity contribution in [3.8, 4) is 0 Å². The van der Waals surface area contributed by atoms with Crippen molar-refractivity contribution in [1.29, 1.82) is 0 Å². The second kappa shape index (κ2) is 12.2. The summed E-state index contributed by atoms with van der Waals surface area (Å²) in [5, 5.41) is 13.8. The highest BCUT2D eigenvalue weighted by Gasteiger charge is 2.28. The second-order valence-corrected chi connectivity index (χ2v) is 8.40. The van der Waals surface area contributed by atoms with E-state index >= 15 is 0 Å². The van der Waals surface area contributed by atoms with Crippen molar-refractivity contribution < 1.29 is 28.2 Å². The fourth-order valence-electron chi connectivity index (χ4n) is 3.20. The van der Waals surface area contributed by atoms with E-state index in [1.165, 1.54) is 6.26 Å². The van der Waals surface area contributed by atoms with E-state index in [-0.39, 0.29) is 12.9 Å². The Bertz CT molecular complexity index is 474. The second-order valence-electron chi connectivity index (χ2n) is 6.42. The first kappa shape index (κ1) is 23.8. The zero-order chi connectivity index (χ0) is 19.5. The molecule has 1 unspecified atom stereocenters. The summed E-state index contributed by atoms with van der Waals surface area (Å²) in [6.07, 6.45) is 3.33. The molecule has 1 atom stereocenters. The number of hydrogen-bond acceptors (Lipinski definition) is 6. The standard InChI is InChI=1S/C13H27N3O2S.2CH2O2/c1-12-10-14(2)8-9-15(12)11-13-4-6-16(7-5-13)19(3,17)18;2*2-1-3/h12-13H,4-11H2,1-3H3;2*1H,(H,2,3). The minimum atomic E-state index is -2.99. The van der Waals surface area contributed by atoms with E-state index < -0.39 is 10.0 Å². The van der Waals surface area contributed by atoms with Crippen LogP contribution in [0, 0.1) is 5.92 Å². The zero-order valence-electron chi connectivity index (χ0n) is 15.2. The number of nitrogens with zero attached hydrogens (tertiary/aromatic N) is 3. The van der Waals surface area contributed by atoms with Crippen molar-refractivity contribution in [2.75, 3.05) is 52.6 Å². The molecule has 2 aliphatic rings. The van der Waals surface area contributed by atoms with Gasteiger partial charge in [-0.25, -0.2) is 12.7 Å². The molecule has 0 aromatic carbocycles. The van der Waals surface area contributed by atoms with E-state index in [9.17, 15) is 8.42 Å². The lowest BCUT2D eigenvalue weighted by Crippen LogP contribution is -2.52. The molecule has 0 saturated carbocycles. The number of rotatable bonds is 3. The van der Waals surface area contributed by atoms with Crippen LogP contribution in [0.3, 0.4) is 0 Å². The third kappa shape index (κ3) is 9.73. The summed E-state index contributed by atoms with van der Waals surface area (Å²) in [6.45, 7) is 7.75. The molecule has 0 amide bonds. The monoisotopic (exact) mass is 381 g/mol. The Balaban J connectivity index is 0.000000844. The first-order valence-corrected chi connectivity index (χ1v) is 10.1. The molecule has 0 bridgehead atoms. The van der Waals surface area contributed by atoms with Gasteiger partial charge in [0.15, 0.2) is 0 Å². The van der Waals surface area contributed by atoms with Gasteiger partial charge in [-0.2, -0.15) is 0 Å². The minimum Gasteiger partial charge on any atom is -0.483 e. The van der Waals surface area contributed by atoms with Crippen LogP contribution in [-0.4, -0.2) is 104 Å². The molecule has 0 aromatic heterocycles. The predicted octanol–water partition coefficient (Wildman–Crippen LogP) is -0.304. The molecular weight excluding hydrogens is 350 g/mol. The molecule has 0 radical (unpaired) electrons. The maximum absolute atomic E-state index is 11.5. The van der Waals surface area contributed by atoms with Crippen LogP contribution in [-0.2, 0) is 19.6 Å². The third-order valence-corrected chi connectivity index (χ3v) is 5.81. The molecule has 2 rings (SSSR count). The number of likely N-dealkylation sites (N-methyl/N-ethyl adjacent to an activating group) is 1. The topological polar surface area (TPSA) is 118 Å². The van der Waals surface area contributed by atoms with Crippen LogP contribution in [0.1, 0.15) is 19.8 Å². The fourth-order valence-corrected chi connectivity index (χ4v) is 4.08. The van der Waals surface area contributed by atoms with E-state index in [0.29, 0.717) is 25.0 Å². The van der Waals surface area contributed by atoms with Gasteiger partial charge in [0.1, 0.15) is 0 Å². The summed E-state index contributed by atoms with van der Waals surface area (Å²) in [5.74, 6) is 0.656. The average Bonchev–Trinajstić information content (AvgIpc) is 2.51. The van der Waals surface area contributed by atoms with E-state index in [4.69, 9.17) is 19.8 Å². The summed E-state index contributed by atoms with van der Waals surface area (Å²) in [7, 11) is -0.808. The lowest BCUT2D eigenvalue weighted by atomic mass is 9.96. The van der Waals surface area contributed by atoms with Crippen molar-refractivity contribution in [1.82, 2.24) is 14.1 Å². The quantitative estimate of drug-likeness (QED) is 0.640. The highest BCUT2D eigenvalue weighted by Crippen LogP contribution is 2.22. The Hall–Kier alpha value is -1.23. The Morgan fingerprint density at radius 2 is 1.52 bits per heavy atom. The molecule has 2 aliphatic heterocycles. The molecule has 0 aromatic rings. The number of piperidine rings is 1. The summed E-state index contributed by atoms with van der Waals surface area (Å²) >= 11 is 0. The molecule has 2 fully saturated rings. The summed E-state index contributed by atoms with van der Waals surface area (Å²) in [6, 6.07) is 0.617. The van der Waals surface area contributed by atoms with Crippen molar-refractivity contribution in [2.24, 2.45) is 5.92 Å². The lowest BCUT2D eigenvalue weighted by Gasteiger charge is -2.41. The average molecular weight is 381 g/mol. The molecule has 2 heterocycles. The fraction of sp³-hybridized carbons (Fsp3) is 0.867. The number of hydrogen-bond donors (Lipinski definition) is 2. The number of carbonyl (C=O) groups is 2. The molecule has 0 aliphatic carbocycles. The molecular formula is C15H31N3O6S. The first-order chi connectivity index (χ1) is 11.7. The van der Waals surface area contributed by atoms with Gasteiger partial charge >= 0.3 is 0 Å². The van der Waals surface area contributed by atoms with E-state index in [1.54, 1.807) is 4.31 Å². The van der Waals surface area contributed by atoms with Gasteiger partial charge in [0.05, 0.1) is 6.26 Å². The van der Waals surface area contributed by atoms with Crippen molar-refractivity contribution in [2.45, 2.75) is 25.8 Å². The van der Waals surface area contributed by atoms with E-state index in [0.717, 1.165) is 39.0 Å². The van der Waals surface area contributed by atoms with Gasteiger partial charge in [-0.15, -0.1) is 0 Å². The summed E-state index contributed by atoms with van der Waals surface area (Å²) < 4.78 is 24.6. The molecule has 0 spiro atoms. The molecule has 2 N–H and O–H groups in total. The van der Waals surface area contributed by atoms with Gasteiger partial charge in [-0.1, -0.05) is 0 Å². The molecule has 10 heteroatoms. The lowest BCUT2D eigenvalue weighted by molar-refractivity contribution is -0.123. The SMILES string of the molecule is CC1CN(C)CCN1CC1CCN(S(C)(=O)=O)CC1.O=CO.O=CO. The Labute approximate surface area is 150 Å². The highest BCUT2D eigenvalue weighted by atomic mass is 32.2. The van der Waals surface area contributed by atoms with Crippen LogP contribution >= 0.6 is 0 Å². The van der Waals surface area contributed by atoms with Gasteiger partial charge in [-0.05, 0) is 32.7 Å². The maximum Gasteiger partial charge on any atom is 0.290 e. The Morgan fingerprint density at radius 3 is 1.92 bits per heavy atom. The summed E-state index contributed by atoms with van der Waals surface area (Å²) in [4.78, 5) is 21.7.